The van der Waals surface area contributed by atoms with E-state index >= 15 is 0 Å². The van der Waals surface area contributed by atoms with Crippen molar-refractivity contribution >= 4 is 23.5 Å². The molecule has 0 fully saturated rings. The van der Waals surface area contributed by atoms with Crippen molar-refractivity contribution in [2.24, 2.45) is 0 Å². The second-order valence-corrected chi connectivity index (χ2v) is 7.38. The average molecular weight is 400 g/mol. The van der Waals surface area contributed by atoms with Crippen molar-refractivity contribution in [3.05, 3.63) is 41.0 Å². The Hall–Kier alpha value is -2.48. The van der Waals surface area contributed by atoms with E-state index < -0.39 is 36.3 Å². The molecule has 0 spiro atoms. The van der Waals surface area contributed by atoms with Gasteiger partial charge in [-0.15, -0.1) is 0 Å². The SMILES string of the molecule is CC(C)(C)n1cc(C(=O)NC(CC(F)F)C(=O)O)c(-c2ccccc2Cl)n1. The number of carbonyl (C=O) groups is 2. The van der Waals surface area contributed by atoms with Crippen molar-refractivity contribution in [1.82, 2.24) is 15.1 Å². The van der Waals surface area contributed by atoms with Gasteiger partial charge in [-0.1, -0.05) is 29.8 Å². The van der Waals surface area contributed by atoms with Gasteiger partial charge in [0.1, 0.15) is 11.7 Å². The highest BCUT2D eigenvalue weighted by Gasteiger charge is 2.28. The molecule has 0 aliphatic carbocycles. The van der Waals surface area contributed by atoms with Crippen LogP contribution >= 0.6 is 11.6 Å². The zero-order valence-corrected chi connectivity index (χ0v) is 15.8. The predicted molar refractivity (Wildman–Crippen MR) is 97.2 cm³/mol. The Balaban J connectivity index is 2.48. The molecule has 27 heavy (non-hydrogen) atoms. The predicted octanol–water partition coefficient (Wildman–Crippen LogP) is 3.80. The summed E-state index contributed by atoms with van der Waals surface area (Å²) < 4.78 is 26.8. The van der Waals surface area contributed by atoms with Gasteiger partial charge in [0.15, 0.2) is 0 Å². The number of halogens is 3. The smallest absolute Gasteiger partial charge is 0.326 e. The molecule has 2 rings (SSSR count). The summed E-state index contributed by atoms with van der Waals surface area (Å²) in [4.78, 5) is 23.9. The maximum atomic E-state index is 12.7. The maximum absolute atomic E-state index is 12.7. The fourth-order valence-electron chi connectivity index (χ4n) is 2.37. The highest BCUT2D eigenvalue weighted by atomic mass is 35.5. The van der Waals surface area contributed by atoms with Crippen LogP contribution in [0.5, 0.6) is 0 Å². The lowest BCUT2D eigenvalue weighted by molar-refractivity contribution is -0.140. The average Bonchev–Trinajstić information content (AvgIpc) is 2.99. The van der Waals surface area contributed by atoms with E-state index in [0.717, 1.165) is 0 Å². The molecule has 1 amide bonds. The fourth-order valence-corrected chi connectivity index (χ4v) is 2.60. The minimum absolute atomic E-state index is 0.0542. The number of nitrogens with one attached hydrogen (secondary N) is 1. The number of rotatable bonds is 6. The van der Waals surface area contributed by atoms with E-state index in [-0.39, 0.29) is 11.3 Å². The quantitative estimate of drug-likeness (QED) is 0.773. The molecular formula is C18H20ClF2N3O3. The van der Waals surface area contributed by atoms with Crippen LogP contribution in [-0.2, 0) is 10.3 Å². The summed E-state index contributed by atoms with van der Waals surface area (Å²) in [5, 5.41) is 16.0. The second kappa shape index (κ2) is 8.04. The minimum Gasteiger partial charge on any atom is -0.480 e. The summed E-state index contributed by atoms with van der Waals surface area (Å²) >= 11 is 6.21. The van der Waals surface area contributed by atoms with Gasteiger partial charge in [0.25, 0.3) is 5.91 Å². The Kier molecular flexibility index (Phi) is 6.20. The van der Waals surface area contributed by atoms with E-state index in [1.807, 2.05) is 20.8 Å². The van der Waals surface area contributed by atoms with Gasteiger partial charge < -0.3 is 10.4 Å². The zero-order chi connectivity index (χ0) is 20.4. The number of carbonyl (C=O) groups excluding carboxylic acids is 1. The van der Waals surface area contributed by atoms with Crippen LogP contribution in [0.25, 0.3) is 11.3 Å². The molecule has 0 saturated carbocycles. The van der Waals surface area contributed by atoms with Crippen LogP contribution in [0.3, 0.4) is 0 Å². The van der Waals surface area contributed by atoms with Crippen molar-refractivity contribution < 1.29 is 23.5 Å². The number of alkyl halides is 2. The lowest BCUT2D eigenvalue weighted by Crippen LogP contribution is -2.42. The van der Waals surface area contributed by atoms with Crippen molar-refractivity contribution in [2.45, 2.75) is 45.2 Å². The number of aliphatic carboxylic acids is 1. The van der Waals surface area contributed by atoms with Crippen LogP contribution < -0.4 is 5.32 Å². The van der Waals surface area contributed by atoms with Gasteiger partial charge in [-0.05, 0) is 26.8 Å². The fraction of sp³-hybridized carbons (Fsp3) is 0.389. The summed E-state index contributed by atoms with van der Waals surface area (Å²) in [5.74, 6) is -2.35. The first-order valence-corrected chi connectivity index (χ1v) is 8.55. The van der Waals surface area contributed by atoms with Crippen molar-refractivity contribution in [3.8, 4) is 11.3 Å². The number of aromatic nitrogens is 2. The summed E-state index contributed by atoms with van der Waals surface area (Å²) in [6, 6.07) is 5.02. The second-order valence-electron chi connectivity index (χ2n) is 6.98. The minimum atomic E-state index is -2.87. The van der Waals surface area contributed by atoms with Gasteiger partial charge in [0, 0.05) is 18.2 Å². The molecule has 2 N–H and O–H groups in total. The number of nitrogens with zero attached hydrogens (tertiary/aromatic N) is 2. The monoisotopic (exact) mass is 399 g/mol. The van der Waals surface area contributed by atoms with Crippen LogP contribution in [0.15, 0.2) is 30.5 Å². The number of carboxylic acid groups (broad SMARTS) is 1. The molecule has 0 bridgehead atoms. The molecule has 1 atom stereocenters. The highest BCUT2D eigenvalue weighted by molar-refractivity contribution is 6.33. The summed E-state index contributed by atoms with van der Waals surface area (Å²) in [5.41, 5.74) is 0.310. The molecule has 2 aromatic rings. The molecule has 0 aliphatic heterocycles. The molecule has 1 unspecified atom stereocenters. The van der Waals surface area contributed by atoms with E-state index in [1.54, 1.807) is 28.9 Å². The van der Waals surface area contributed by atoms with Crippen molar-refractivity contribution in [3.63, 3.8) is 0 Å². The van der Waals surface area contributed by atoms with Crippen LogP contribution in [0, 0.1) is 0 Å². The Bertz CT molecular complexity index is 847. The van der Waals surface area contributed by atoms with Crippen LogP contribution in [0.4, 0.5) is 8.78 Å². The molecule has 146 valence electrons. The lowest BCUT2D eigenvalue weighted by Gasteiger charge is -2.18. The van der Waals surface area contributed by atoms with E-state index in [9.17, 15) is 18.4 Å². The number of benzene rings is 1. The van der Waals surface area contributed by atoms with Gasteiger partial charge in [0.05, 0.1) is 16.1 Å². The first kappa shape index (κ1) is 20.8. The van der Waals surface area contributed by atoms with E-state index in [4.69, 9.17) is 16.7 Å². The third kappa shape index (κ3) is 5.03. The molecule has 1 aromatic heterocycles. The topological polar surface area (TPSA) is 84.2 Å². The third-order valence-electron chi connectivity index (χ3n) is 3.79. The van der Waals surface area contributed by atoms with Gasteiger partial charge in [-0.2, -0.15) is 5.10 Å². The molecule has 1 heterocycles. The Morgan fingerprint density at radius 3 is 2.44 bits per heavy atom. The number of amides is 1. The number of carboxylic acids is 1. The van der Waals surface area contributed by atoms with Gasteiger partial charge >= 0.3 is 5.97 Å². The summed E-state index contributed by atoms with van der Waals surface area (Å²) in [7, 11) is 0. The van der Waals surface area contributed by atoms with Gasteiger partial charge in [0.2, 0.25) is 6.43 Å². The van der Waals surface area contributed by atoms with Crippen LogP contribution in [0.2, 0.25) is 5.02 Å². The largest absolute Gasteiger partial charge is 0.480 e. The zero-order valence-electron chi connectivity index (χ0n) is 15.0. The van der Waals surface area contributed by atoms with Crippen molar-refractivity contribution in [2.75, 3.05) is 0 Å². The van der Waals surface area contributed by atoms with E-state index in [1.165, 1.54) is 6.20 Å². The van der Waals surface area contributed by atoms with Crippen LogP contribution in [0.1, 0.15) is 37.6 Å². The van der Waals surface area contributed by atoms with E-state index in [2.05, 4.69) is 10.4 Å². The summed E-state index contributed by atoms with van der Waals surface area (Å²) in [6.07, 6.45) is -2.41. The van der Waals surface area contributed by atoms with Crippen molar-refractivity contribution in [1.29, 1.82) is 0 Å². The highest BCUT2D eigenvalue weighted by Crippen LogP contribution is 2.30. The number of hydrogen-bond donors (Lipinski definition) is 2. The molecule has 0 saturated heterocycles. The molecule has 1 aromatic carbocycles. The molecule has 0 aliphatic rings. The van der Waals surface area contributed by atoms with Gasteiger partial charge in [-0.3, -0.25) is 9.48 Å². The molecule has 9 heteroatoms. The molecule has 0 radical (unpaired) electrons. The first-order valence-electron chi connectivity index (χ1n) is 8.17. The third-order valence-corrected chi connectivity index (χ3v) is 4.12. The number of hydrogen-bond acceptors (Lipinski definition) is 3. The molecule has 6 nitrogen and oxygen atoms in total. The Morgan fingerprint density at radius 1 is 1.30 bits per heavy atom. The Labute approximate surface area is 160 Å². The van der Waals surface area contributed by atoms with E-state index in [0.29, 0.717) is 10.6 Å². The maximum Gasteiger partial charge on any atom is 0.326 e. The van der Waals surface area contributed by atoms with Crippen LogP contribution in [-0.4, -0.2) is 39.2 Å². The summed E-state index contributed by atoms with van der Waals surface area (Å²) in [6.45, 7) is 5.61. The first-order chi connectivity index (χ1) is 12.5. The Morgan fingerprint density at radius 2 is 1.93 bits per heavy atom. The normalized spacial score (nSPS) is 12.9. The standard InChI is InChI=1S/C18H20ClF2N3O3/c1-18(2,3)24-9-11(15(23-24)10-6-4-5-7-12(10)19)16(25)22-13(17(26)27)8-14(20)21/h4-7,9,13-14H,8H2,1-3H3,(H,22,25)(H,26,27). The lowest BCUT2D eigenvalue weighted by atomic mass is 10.1. The molecular weight excluding hydrogens is 380 g/mol. The van der Waals surface area contributed by atoms with Gasteiger partial charge in [-0.25, -0.2) is 13.6 Å².